The van der Waals surface area contributed by atoms with Crippen LogP contribution in [0, 0.1) is 76.2 Å². The lowest BCUT2D eigenvalue weighted by Crippen LogP contribution is -2.16. The zero-order chi connectivity index (χ0) is 72.9. The van der Waals surface area contributed by atoms with Gasteiger partial charge in [-0.05, 0) is 243 Å². The number of para-hydroxylation sites is 2. The Hall–Kier alpha value is -9.96. The molecule has 0 spiro atoms. The molecule has 9 rings (SSSR count). The van der Waals surface area contributed by atoms with Crippen LogP contribution in [0.3, 0.4) is 0 Å². The minimum atomic E-state index is -0.499. The first-order chi connectivity index (χ1) is 47.8. The van der Waals surface area contributed by atoms with E-state index in [4.69, 9.17) is 47.4 Å². The first-order valence-electron chi connectivity index (χ1n) is 33.9. The molecule has 0 saturated heterocycles. The quantitative estimate of drug-likeness (QED) is 0.0404. The summed E-state index contributed by atoms with van der Waals surface area (Å²) in [6.45, 7) is 21.1. The van der Waals surface area contributed by atoms with E-state index in [9.17, 15) is 29.4 Å². The van der Waals surface area contributed by atoms with E-state index in [1.165, 1.54) is 82.8 Å². The number of phenols is 2. The summed E-state index contributed by atoms with van der Waals surface area (Å²) in [4.78, 5) is 48.4. The number of carbonyl (C=O) groups excluding carboxylic acids is 4. The summed E-state index contributed by atoms with van der Waals surface area (Å²) in [5, 5.41) is 19.8. The number of ether oxygens (including phenoxy) is 10. The van der Waals surface area contributed by atoms with Gasteiger partial charge in [0.15, 0.2) is 26.4 Å². The van der Waals surface area contributed by atoms with Crippen molar-refractivity contribution in [2.24, 2.45) is 0 Å². The Morgan fingerprint density at radius 3 is 1.16 bits per heavy atom. The maximum Gasteiger partial charge on any atom is 0.343 e. The van der Waals surface area contributed by atoms with Gasteiger partial charge in [-0.15, -0.1) is 0 Å². The van der Waals surface area contributed by atoms with Gasteiger partial charge in [0.05, 0.1) is 42.7 Å². The Kier molecular flexibility index (Phi) is 28.4. The molecule has 0 atom stereocenters. The molecular weight excluding hydrogens is 1260 g/mol. The van der Waals surface area contributed by atoms with E-state index >= 15 is 0 Å². The van der Waals surface area contributed by atoms with Crippen molar-refractivity contribution in [1.29, 1.82) is 0 Å². The molecule has 1 aliphatic rings. The predicted octanol–water partition coefficient (Wildman–Crippen LogP) is 16.1. The molecule has 0 radical (unpaired) electrons. The lowest BCUT2D eigenvalue weighted by Gasteiger charge is -2.25. The summed E-state index contributed by atoms with van der Waals surface area (Å²) < 4.78 is 54.5. The number of esters is 4. The van der Waals surface area contributed by atoms with Crippen molar-refractivity contribution < 1.29 is 76.8 Å². The number of aryl methyl sites for hydroxylation is 7. The van der Waals surface area contributed by atoms with Gasteiger partial charge in [0.25, 0.3) is 0 Å². The minimum absolute atomic E-state index is 0.220. The van der Waals surface area contributed by atoms with E-state index < -0.39 is 23.9 Å². The topological polar surface area (TPSA) is 201 Å². The van der Waals surface area contributed by atoms with Gasteiger partial charge < -0.3 is 57.6 Å². The molecule has 8 aromatic rings. The third-order valence-electron chi connectivity index (χ3n) is 18.7. The first-order valence-corrected chi connectivity index (χ1v) is 33.9. The molecule has 532 valence electrons. The molecule has 0 heterocycles. The van der Waals surface area contributed by atoms with Gasteiger partial charge in [0.2, 0.25) is 0 Å². The molecule has 1 saturated carbocycles. The fourth-order valence-corrected chi connectivity index (χ4v) is 13.1. The smallest absolute Gasteiger partial charge is 0.343 e. The average Bonchev–Trinajstić information content (AvgIpc) is 0.782. The molecule has 16 heteroatoms. The Morgan fingerprint density at radius 2 is 0.750 bits per heavy atom. The SMILES string of the molecule is COC(=O)COc1cc(C)cc(Cc2c(C)c(Cc3cc(C)c(OCC(=O)OC)c(Cc4cc(C)cc(OCC(=O)OC)c4C)c3C)cc(C)c2OCC(=O)OC)c1C.COc1c(C)cc(Cc2ccccc2O)cc1C.COc1cc(C)c(Cc2ccccc2O)cc1C1CCCCC1. The summed E-state index contributed by atoms with van der Waals surface area (Å²) in [7, 11) is 8.74. The fraction of sp³-hybridized carbons (Fsp3) is 0.381. The van der Waals surface area contributed by atoms with Gasteiger partial charge in [-0.2, -0.15) is 0 Å². The van der Waals surface area contributed by atoms with Crippen molar-refractivity contribution in [1.82, 2.24) is 0 Å². The lowest BCUT2D eigenvalue weighted by molar-refractivity contribution is -0.143. The molecule has 0 amide bonds. The second kappa shape index (κ2) is 36.7. The highest BCUT2D eigenvalue weighted by molar-refractivity contribution is 5.73. The molecule has 0 aliphatic heterocycles. The second-order valence-electron chi connectivity index (χ2n) is 25.9. The number of methoxy groups -OCH3 is 6. The van der Waals surface area contributed by atoms with Crippen LogP contribution >= 0.6 is 0 Å². The number of rotatable bonds is 25. The standard InChI is InChI=1S/C47H56O12.C21H26O2.C16H18O2/c1-26-13-34(32(7)40(15-26)56-22-42(48)52-9)20-38-30(5)36(17-28(3)46(38)58-24-44(50)54-11)19-37-18-29(4)47(59-25-45(51)55-12)39(31(37)6)21-35-14-27(2)16-41(33(35)8)57-23-43(49)53-10;1-15-12-21(23-2)19(16-8-4-3-5-9-16)14-18(15)13-17-10-6-7-11-20(17)22;1-11-8-13(9-12(2)16(11)18-3)10-14-6-4-5-7-15(14)17/h13-18H,19-25H2,1-12H3;6-7,10-12,14,16,22H,3-5,8-9,13H2,1-2H3;4-9,17H,10H2,1-3H3. The normalized spacial score (nSPS) is 11.8. The monoisotopic (exact) mass is 1360 g/mol. The summed E-state index contributed by atoms with van der Waals surface area (Å²) in [6, 6.07) is 35.9. The minimum Gasteiger partial charge on any atom is -0.508 e. The summed E-state index contributed by atoms with van der Waals surface area (Å²) >= 11 is 0. The second-order valence-corrected chi connectivity index (χ2v) is 25.9. The van der Waals surface area contributed by atoms with Crippen molar-refractivity contribution in [3.63, 3.8) is 0 Å². The van der Waals surface area contributed by atoms with Crippen LogP contribution in [0.4, 0.5) is 0 Å². The van der Waals surface area contributed by atoms with Crippen molar-refractivity contribution in [3.05, 3.63) is 232 Å². The Morgan fingerprint density at radius 1 is 0.360 bits per heavy atom. The lowest BCUT2D eigenvalue weighted by atomic mass is 9.82. The first kappa shape index (κ1) is 77.4. The Labute approximate surface area is 590 Å². The third kappa shape index (κ3) is 20.6. The van der Waals surface area contributed by atoms with Gasteiger partial charge >= 0.3 is 23.9 Å². The Balaban J connectivity index is 0.000000274. The van der Waals surface area contributed by atoms with E-state index in [0.717, 1.165) is 124 Å². The number of carbonyl (C=O) groups is 4. The van der Waals surface area contributed by atoms with Crippen LogP contribution < -0.4 is 28.4 Å². The zero-order valence-electron chi connectivity index (χ0n) is 61.5. The van der Waals surface area contributed by atoms with Gasteiger partial charge in [0.1, 0.15) is 46.0 Å². The molecular formula is C84H100O16. The molecule has 1 aliphatic carbocycles. The van der Waals surface area contributed by atoms with Crippen molar-refractivity contribution in [2.45, 2.75) is 146 Å². The van der Waals surface area contributed by atoms with Crippen molar-refractivity contribution in [3.8, 4) is 46.0 Å². The third-order valence-corrected chi connectivity index (χ3v) is 18.7. The van der Waals surface area contributed by atoms with Crippen molar-refractivity contribution >= 4 is 23.9 Å². The molecule has 0 aromatic heterocycles. The van der Waals surface area contributed by atoms with E-state index in [-0.39, 0.29) is 26.4 Å². The Bertz CT molecular complexity index is 4010. The number of hydrogen-bond acceptors (Lipinski definition) is 16. The van der Waals surface area contributed by atoms with Crippen molar-refractivity contribution in [2.75, 3.05) is 69.1 Å². The fourth-order valence-electron chi connectivity index (χ4n) is 13.1. The van der Waals surface area contributed by atoms with E-state index in [0.29, 0.717) is 59.7 Å². The number of aromatic hydroxyl groups is 2. The van der Waals surface area contributed by atoms with Gasteiger partial charge in [-0.1, -0.05) is 98.1 Å². The van der Waals surface area contributed by atoms with Crippen LogP contribution in [0.25, 0.3) is 0 Å². The molecule has 1 fully saturated rings. The highest BCUT2D eigenvalue weighted by Gasteiger charge is 2.25. The molecule has 0 unspecified atom stereocenters. The van der Waals surface area contributed by atoms with E-state index in [2.05, 4.69) is 69.3 Å². The maximum absolute atomic E-state index is 12.3. The van der Waals surface area contributed by atoms with Crippen LogP contribution in [0.5, 0.6) is 46.0 Å². The van der Waals surface area contributed by atoms with Crippen LogP contribution in [0.1, 0.15) is 160 Å². The maximum atomic E-state index is 12.3. The molecule has 0 bridgehead atoms. The summed E-state index contributed by atoms with van der Waals surface area (Å²) in [5.74, 6) is 3.68. The summed E-state index contributed by atoms with van der Waals surface area (Å²) in [5.41, 5.74) is 22.4. The van der Waals surface area contributed by atoms with E-state index in [1.807, 2.05) is 104 Å². The number of benzene rings is 8. The molecule has 8 aromatic carbocycles. The molecule has 2 N–H and O–H groups in total. The zero-order valence-corrected chi connectivity index (χ0v) is 61.5. The largest absolute Gasteiger partial charge is 0.508 e. The highest BCUT2D eigenvalue weighted by Crippen LogP contribution is 2.42. The molecule has 100 heavy (non-hydrogen) atoms. The van der Waals surface area contributed by atoms with Crippen LogP contribution in [0.15, 0.2) is 109 Å². The average molecular weight is 1370 g/mol. The number of hydrogen-bond donors (Lipinski definition) is 2. The van der Waals surface area contributed by atoms with Crippen LogP contribution in [0.2, 0.25) is 0 Å². The van der Waals surface area contributed by atoms with Crippen LogP contribution in [-0.2, 0) is 70.2 Å². The van der Waals surface area contributed by atoms with Crippen LogP contribution in [-0.4, -0.2) is 103 Å². The van der Waals surface area contributed by atoms with E-state index in [1.54, 1.807) is 26.4 Å². The predicted molar refractivity (Wildman–Crippen MR) is 390 cm³/mol. The number of phenolic OH excluding ortho intramolecular Hbond substituents is 2. The van der Waals surface area contributed by atoms with Gasteiger partial charge in [0, 0.05) is 36.8 Å². The highest BCUT2D eigenvalue weighted by atomic mass is 16.6. The summed E-state index contributed by atoms with van der Waals surface area (Å²) in [6.07, 6.45) is 9.47. The van der Waals surface area contributed by atoms with Gasteiger partial charge in [-0.3, -0.25) is 0 Å². The molecule has 16 nitrogen and oxygen atoms in total. The van der Waals surface area contributed by atoms with Gasteiger partial charge in [-0.25, -0.2) is 19.2 Å².